The van der Waals surface area contributed by atoms with Gasteiger partial charge in [0.2, 0.25) is 0 Å². The van der Waals surface area contributed by atoms with Crippen LogP contribution in [0, 0.1) is 21.4 Å². The molecule has 0 aliphatic heterocycles. The Balaban J connectivity index is 1.90. The maximum Gasteiger partial charge on any atom is 0.269 e. The summed E-state index contributed by atoms with van der Waals surface area (Å²) in [6.45, 7) is 0. The first-order chi connectivity index (χ1) is 9.69. The molecule has 0 aliphatic rings. The first kappa shape index (κ1) is 14.1. The summed E-state index contributed by atoms with van der Waals surface area (Å²) < 4.78 is 0. The van der Waals surface area contributed by atoms with Gasteiger partial charge in [-0.3, -0.25) is 10.1 Å². The van der Waals surface area contributed by atoms with Crippen molar-refractivity contribution in [3.05, 3.63) is 75.3 Å². The van der Waals surface area contributed by atoms with Gasteiger partial charge in [-0.25, -0.2) is 0 Å². The molecule has 0 amide bonds. The number of nitro benzene ring substituents is 1. The highest BCUT2D eigenvalue weighted by Gasteiger charge is 2.05. The van der Waals surface area contributed by atoms with Gasteiger partial charge in [0.15, 0.2) is 0 Å². The van der Waals surface area contributed by atoms with Crippen LogP contribution < -0.4 is 0 Å². The van der Waals surface area contributed by atoms with E-state index in [4.69, 9.17) is 5.26 Å². The van der Waals surface area contributed by atoms with E-state index in [1.54, 1.807) is 36.0 Å². The number of hydrogen-bond acceptors (Lipinski definition) is 4. The number of nitro groups is 1. The highest BCUT2D eigenvalue weighted by Crippen LogP contribution is 2.21. The highest BCUT2D eigenvalue weighted by molar-refractivity contribution is 7.97. The van der Waals surface area contributed by atoms with Crippen molar-refractivity contribution in [1.82, 2.24) is 0 Å². The van der Waals surface area contributed by atoms with E-state index in [-0.39, 0.29) is 10.6 Å². The van der Waals surface area contributed by atoms with Crippen LogP contribution in [0.1, 0.15) is 16.7 Å². The molecule has 2 aromatic rings. The molecular formula is C15H12N2O2S. The van der Waals surface area contributed by atoms with Crippen molar-refractivity contribution >= 4 is 17.4 Å². The van der Waals surface area contributed by atoms with Crippen molar-refractivity contribution in [3.8, 4) is 6.07 Å². The number of rotatable bonds is 5. The number of nitriles is 1. The second-order valence-corrected chi connectivity index (χ2v) is 5.21. The third kappa shape index (κ3) is 3.84. The van der Waals surface area contributed by atoms with Crippen LogP contribution >= 0.6 is 11.8 Å². The van der Waals surface area contributed by atoms with Crippen LogP contribution in [0.5, 0.6) is 0 Å². The van der Waals surface area contributed by atoms with Crippen molar-refractivity contribution < 1.29 is 4.92 Å². The molecule has 4 nitrogen and oxygen atoms in total. The summed E-state index contributed by atoms with van der Waals surface area (Å²) in [4.78, 5) is 10.3. The van der Waals surface area contributed by atoms with E-state index < -0.39 is 0 Å². The molecule has 0 radical (unpaired) electrons. The van der Waals surface area contributed by atoms with Crippen LogP contribution in [0.25, 0.3) is 0 Å². The topological polar surface area (TPSA) is 66.9 Å². The summed E-state index contributed by atoms with van der Waals surface area (Å²) in [6, 6.07) is 16.2. The van der Waals surface area contributed by atoms with Gasteiger partial charge in [0, 0.05) is 23.6 Å². The minimum Gasteiger partial charge on any atom is -0.258 e. The molecule has 0 unspecified atom stereocenters. The van der Waals surface area contributed by atoms with E-state index in [0.717, 1.165) is 22.6 Å². The molecule has 0 spiro atoms. The Bertz CT molecular complexity index is 648. The van der Waals surface area contributed by atoms with Crippen molar-refractivity contribution in [3.63, 3.8) is 0 Å². The first-order valence-corrected chi connectivity index (χ1v) is 7.14. The lowest BCUT2D eigenvalue weighted by Gasteiger charge is -2.03. The molecule has 0 N–H and O–H groups in total. The summed E-state index contributed by atoms with van der Waals surface area (Å²) in [5.74, 6) is 1.54. The first-order valence-electron chi connectivity index (χ1n) is 5.99. The molecule has 0 aliphatic carbocycles. The molecule has 5 heteroatoms. The van der Waals surface area contributed by atoms with Gasteiger partial charge in [-0.2, -0.15) is 17.0 Å². The summed E-state index contributed by atoms with van der Waals surface area (Å²) in [5.41, 5.74) is 2.86. The van der Waals surface area contributed by atoms with Crippen molar-refractivity contribution in [2.24, 2.45) is 0 Å². The summed E-state index contributed by atoms with van der Waals surface area (Å²) in [6.07, 6.45) is 0. The SMILES string of the molecule is N#Cc1ccc(CSCc2cccc([N+](=O)[O-])c2)cc1. The molecule has 20 heavy (non-hydrogen) atoms. The lowest BCUT2D eigenvalue weighted by Crippen LogP contribution is -1.89. The number of nitrogens with zero attached hydrogens (tertiary/aromatic N) is 2. The molecule has 2 aromatic carbocycles. The average Bonchev–Trinajstić information content (AvgIpc) is 2.48. The zero-order valence-corrected chi connectivity index (χ0v) is 11.5. The Kier molecular flexibility index (Phi) is 4.75. The van der Waals surface area contributed by atoms with Crippen LogP contribution in [-0.2, 0) is 11.5 Å². The van der Waals surface area contributed by atoms with Gasteiger partial charge in [-0.1, -0.05) is 24.3 Å². The minimum atomic E-state index is -0.380. The van der Waals surface area contributed by atoms with E-state index >= 15 is 0 Å². The fourth-order valence-electron chi connectivity index (χ4n) is 1.72. The average molecular weight is 284 g/mol. The van der Waals surface area contributed by atoms with Gasteiger partial charge < -0.3 is 0 Å². The molecule has 0 atom stereocenters. The summed E-state index contributed by atoms with van der Waals surface area (Å²) >= 11 is 1.69. The van der Waals surface area contributed by atoms with Gasteiger partial charge in [-0.05, 0) is 23.3 Å². The zero-order valence-electron chi connectivity index (χ0n) is 10.7. The fraction of sp³-hybridized carbons (Fsp3) is 0.133. The normalized spacial score (nSPS) is 9.95. The number of hydrogen-bond donors (Lipinski definition) is 0. The lowest BCUT2D eigenvalue weighted by molar-refractivity contribution is -0.384. The number of thioether (sulfide) groups is 1. The van der Waals surface area contributed by atoms with E-state index in [1.165, 1.54) is 6.07 Å². The van der Waals surface area contributed by atoms with Gasteiger partial charge in [0.1, 0.15) is 0 Å². The quantitative estimate of drug-likeness (QED) is 0.617. The van der Waals surface area contributed by atoms with Crippen LogP contribution in [-0.4, -0.2) is 4.92 Å². The van der Waals surface area contributed by atoms with Gasteiger partial charge >= 0.3 is 0 Å². The van der Waals surface area contributed by atoms with Crippen molar-refractivity contribution in [2.45, 2.75) is 11.5 Å². The third-order valence-corrected chi connectivity index (χ3v) is 3.82. The van der Waals surface area contributed by atoms with E-state index in [9.17, 15) is 10.1 Å². The molecular weight excluding hydrogens is 272 g/mol. The third-order valence-electron chi connectivity index (χ3n) is 2.74. The smallest absolute Gasteiger partial charge is 0.258 e. The Morgan fingerprint density at radius 3 is 2.45 bits per heavy atom. The zero-order chi connectivity index (χ0) is 14.4. The summed E-state index contributed by atoms with van der Waals surface area (Å²) in [7, 11) is 0. The number of non-ortho nitro benzene ring substituents is 1. The molecule has 0 fully saturated rings. The predicted octanol–water partition coefficient (Wildman–Crippen LogP) is 3.90. The molecule has 0 bridgehead atoms. The van der Waals surface area contributed by atoms with Crippen LogP contribution in [0.3, 0.4) is 0 Å². The van der Waals surface area contributed by atoms with Gasteiger partial charge in [0.25, 0.3) is 5.69 Å². The van der Waals surface area contributed by atoms with Crippen molar-refractivity contribution in [1.29, 1.82) is 5.26 Å². The molecule has 100 valence electrons. The molecule has 0 aromatic heterocycles. The van der Waals surface area contributed by atoms with E-state index in [1.807, 2.05) is 18.2 Å². The van der Waals surface area contributed by atoms with Crippen LogP contribution in [0.15, 0.2) is 48.5 Å². The van der Waals surface area contributed by atoms with Crippen LogP contribution in [0.2, 0.25) is 0 Å². The fourth-order valence-corrected chi connectivity index (χ4v) is 2.67. The maximum atomic E-state index is 10.7. The Labute approximate surface area is 121 Å². The second kappa shape index (κ2) is 6.73. The number of benzene rings is 2. The molecule has 0 saturated heterocycles. The van der Waals surface area contributed by atoms with E-state index in [0.29, 0.717) is 5.56 Å². The Morgan fingerprint density at radius 2 is 1.80 bits per heavy atom. The largest absolute Gasteiger partial charge is 0.269 e. The maximum absolute atomic E-state index is 10.7. The highest BCUT2D eigenvalue weighted by atomic mass is 32.2. The second-order valence-electron chi connectivity index (χ2n) is 4.23. The predicted molar refractivity (Wildman–Crippen MR) is 79.3 cm³/mol. The minimum absolute atomic E-state index is 0.126. The van der Waals surface area contributed by atoms with Crippen molar-refractivity contribution in [2.75, 3.05) is 0 Å². The lowest BCUT2D eigenvalue weighted by atomic mass is 10.2. The molecule has 0 heterocycles. The molecule has 0 saturated carbocycles. The van der Waals surface area contributed by atoms with Gasteiger partial charge in [0.05, 0.1) is 16.6 Å². The summed E-state index contributed by atoms with van der Waals surface area (Å²) in [5, 5.41) is 19.4. The van der Waals surface area contributed by atoms with Crippen LogP contribution in [0.4, 0.5) is 5.69 Å². The molecule has 2 rings (SSSR count). The Morgan fingerprint density at radius 1 is 1.10 bits per heavy atom. The van der Waals surface area contributed by atoms with Gasteiger partial charge in [-0.15, -0.1) is 0 Å². The van der Waals surface area contributed by atoms with E-state index in [2.05, 4.69) is 6.07 Å². The standard InChI is InChI=1S/C15H12N2O2S/c16-9-12-4-6-13(7-5-12)10-20-11-14-2-1-3-15(8-14)17(18)19/h1-8H,10-11H2. The Hall–Kier alpha value is -2.32. The monoisotopic (exact) mass is 284 g/mol.